The quantitative estimate of drug-likeness (QED) is 0.147. The molecule has 3 aromatic rings. The Bertz CT molecular complexity index is 1290. The van der Waals surface area contributed by atoms with E-state index in [1.165, 1.54) is 11.8 Å². The van der Waals surface area contributed by atoms with Crippen LogP contribution in [0.5, 0.6) is 17.2 Å². The van der Waals surface area contributed by atoms with Gasteiger partial charge >= 0.3 is 13.6 Å². The van der Waals surface area contributed by atoms with Crippen LogP contribution in [0.25, 0.3) is 22.2 Å². The van der Waals surface area contributed by atoms with E-state index in [2.05, 4.69) is 5.09 Å². The third kappa shape index (κ3) is 7.30. The minimum absolute atomic E-state index is 0.164. The second-order valence-corrected chi connectivity index (χ2v) is 11.0. The number of rotatable bonds is 14. The Labute approximate surface area is 232 Å². The molecule has 0 aliphatic rings. The highest BCUT2D eigenvalue weighted by atomic mass is 35.5. The van der Waals surface area contributed by atoms with Crippen LogP contribution in [-0.2, 0) is 14.1 Å². The summed E-state index contributed by atoms with van der Waals surface area (Å²) in [5.74, 6) is 0.933. The van der Waals surface area contributed by atoms with Gasteiger partial charge in [-0.3, -0.25) is 4.79 Å². The number of methoxy groups -OCH3 is 2. The number of hydrogen-bond acceptors (Lipinski definition) is 7. The fraction of sp³-hybridized carbons (Fsp3) is 0.385. The summed E-state index contributed by atoms with van der Waals surface area (Å²) in [6.07, 6.45) is 0. The number of carbonyl (C=O) groups excluding carboxylic acids is 1. The van der Waals surface area contributed by atoms with E-state index in [0.717, 1.165) is 11.1 Å². The molecule has 0 aliphatic carbocycles. The van der Waals surface area contributed by atoms with Crippen molar-refractivity contribution in [3.05, 3.63) is 48.0 Å². The number of pyridine rings is 1. The van der Waals surface area contributed by atoms with Gasteiger partial charge in [0, 0.05) is 48.6 Å². The average molecular weight is 584 g/mol. The number of alkyl halides is 2. The fourth-order valence-electron chi connectivity index (χ4n) is 3.76. The summed E-state index contributed by atoms with van der Waals surface area (Å²) in [6, 6.07) is 13.0. The Kier molecular flexibility index (Phi) is 11.1. The van der Waals surface area contributed by atoms with Crippen molar-refractivity contribution in [3.63, 3.8) is 0 Å². The highest BCUT2D eigenvalue weighted by Gasteiger charge is 2.35. The van der Waals surface area contributed by atoms with Gasteiger partial charge in [-0.2, -0.15) is 0 Å². The molecule has 9 nitrogen and oxygen atoms in total. The van der Waals surface area contributed by atoms with E-state index >= 15 is 0 Å². The fourth-order valence-corrected chi connectivity index (χ4v) is 6.25. The van der Waals surface area contributed by atoms with Crippen LogP contribution < -0.4 is 19.1 Å². The van der Waals surface area contributed by atoms with Crippen LogP contribution in [-0.4, -0.2) is 67.8 Å². The maximum absolute atomic E-state index is 14.4. The molecular weight excluding hydrogens is 552 g/mol. The standard InChI is InChI=1S/C26H32Cl2N3O6P/c1-5-36-25(32)17-29-38(33,31(12-10-27)13-11-28)37-24-16-21(19-8-6-18(2)7-9-19)30-22-14-20(34-3)15-23(35-4)26(22)24/h6-9,14-16H,5,10-13,17H2,1-4H3,(H,29,33). The van der Waals surface area contributed by atoms with Gasteiger partial charge in [0.15, 0.2) is 0 Å². The maximum atomic E-state index is 14.4. The topological polar surface area (TPSA) is 99.2 Å². The average Bonchev–Trinajstić information content (AvgIpc) is 2.91. The van der Waals surface area contributed by atoms with E-state index in [9.17, 15) is 9.36 Å². The molecule has 0 saturated carbocycles. The number of esters is 1. The van der Waals surface area contributed by atoms with Crippen LogP contribution in [0.3, 0.4) is 0 Å². The van der Waals surface area contributed by atoms with E-state index in [1.54, 1.807) is 32.2 Å². The lowest BCUT2D eigenvalue weighted by Crippen LogP contribution is -2.36. The molecule has 1 atom stereocenters. The van der Waals surface area contributed by atoms with Crippen molar-refractivity contribution in [2.24, 2.45) is 0 Å². The monoisotopic (exact) mass is 583 g/mol. The predicted octanol–water partition coefficient (Wildman–Crippen LogP) is 5.65. The second kappa shape index (κ2) is 14.0. The molecule has 0 spiro atoms. The summed E-state index contributed by atoms with van der Waals surface area (Å²) in [5.41, 5.74) is 3.02. The van der Waals surface area contributed by atoms with Crippen LogP contribution in [0.15, 0.2) is 42.5 Å². The number of aryl methyl sites for hydroxylation is 1. The summed E-state index contributed by atoms with van der Waals surface area (Å²) < 4.78 is 38.3. The summed E-state index contributed by atoms with van der Waals surface area (Å²) in [7, 11) is -0.877. The van der Waals surface area contributed by atoms with Crippen LogP contribution in [0.4, 0.5) is 0 Å². The van der Waals surface area contributed by atoms with Gasteiger partial charge in [0.25, 0.3) is 0 Å². The zero-order valence-corrected chi connectivity index (χ0v) is 24.2. The smallest absolute Gasteiger partial charge is 0.393 e. The Morgan fingerprint density at radius 1 is 1.03 bits per heavy atom. The normalized spacial score (nSPS) is 12.8. The first-order chi connectivity index (χ1) is 18.3. The minimum atomic E-state index is -3.94. The molecule has 0 fully saturated rings. The number of hydrogen-bond donors (Lipinski definition) is 1. The SMILES string of the molecule is CCOC(=O)CNP(=O)(Oc1cc(-c2ccc(C)cc2)nc2cc(OC)cc(OC)c12)N(CCCl)CCCl. The van der Waals surface area contributed by atoms with E-state index in [0.29, 0.717) is 28.1 Å². The van der Waals surface area contributed by atoms with Gasteiger partial charge in [-0.05, 0) is 13.8 Å². The molecule has 0 radical (unpaired) electrons. The zero-order valence-electron chi connectivity index (χ0n) is 21.8. The Balaban J connectivity index is 2.22. The largest absolute Gasteiger partial charge is 0.497 e. The Morgan fingerprint density at radius 3 is 2.29 bits per heavy atom. The number of benzene rings is 2. The summed E-state index contributed by atoms with van der Waals surface area (Å²) in [5, 5.41) is 3.26. The van der Waals surface area contributed by atoms with E-state index in [1.807, 2.05) is 31.2 Å². The van der Waals surface area contributed by atoms with Crippen LogP contribution in [0.1, 0.15) is 12.5 Å². The molecule has 1 aromatic heterocycles. The maximum Gasteiger partial charge on any atom is 0.393 e. The van der Waals surface area contributed by atoms with Gasteiger partial charge in [0.05, 0.1) is 37.4 Å². The summed E-state index contributed by atoms with van der Waals surface area (Å²) in [4.78, 5) is 17.0. The molecule has 0 saturated heterocycles. The minimum Gasteiger partial charge on any atom is -0.497 e. The number of ether oxygens (including phenoxy) is 3. The van der Waals surface area contributed by atoms with Crippen molar-refractivity contribution in [1.82, 2.24) is 14.7 Å². The predicted molar refractivity (Wildman–Crippen MR) is 151 cm³/mol. The first kappa shape index (κ1) is 30.0. The van der Waals surface area contributed by atoms with E-state index in [-0.39, 0.29) is 43.8 Å². The third-order valence-corrected chi connectivity index (χ3v) is 8.11. The number of nitrogens with zero attached hydrogens (tertiary/aromatic N) is 2. The highest BCUT2D eigenvalue weighted by molar-refractivity contribution is 7.54. The number of nitrogens with one attached hydrogen (secondary N) is 1. The molecule has 38 heavy (non-hydrogen) atoms. The Hall–Kier alpha value is -2.55. The van der Waals surface area contributed by atoms with Gasteiger partial charge in [-0.1, -0.05) is 29.8 Å². The summed E-state index contributed by atoms with van der Waals surface area (Å²) in [6.45, 7) is 3.92. The molecule has 0 aliphatic heterocycles. The van der Waals surface area contributed by atoms with Gasteiger partial charge in [-0.25, -0.2) is 19.3 Å². The number of fused-ring (bicyclic) bond motifs is 1. The summed E-state index contributed by atoms with van der Waals surface area (Å²) >= 11 is 12.0. The van der Waals surface area contributed by atoms with Crippen molar-refractivity contribution >= 4 is 47.7 Å². The van der Waals surface area contributed by atoms with Gasteiger partial charge in [0.1, 0.15) is 23.8 Å². The van der Waals surface area contributed by atoms with Crippen molar-refractivity contribution in [2.75, 3.05) is 52.2 Å². The Morgan fingerprint density at radius 2 is 1.71 bits per heavy atom. The van der Waals surface area contributed by atoms with Gasteiger partial charge in [-0.15, -0.1) is 23.2 Å². The van der Waals surface area contributed by atoms with Crippen molar-refractivity contribution < 1.29 is 28.1 Å². The molecule has 1 N–H and O–H groups in total. The van der Waals surface area contributed by atoms with E-state index in [4.69, 9.17) is 46.9 Å². The lowest BCUT2D eigenvalue weighted by atomic mass is 10.1. The zero-order chi connectivity index (χ0) is 27.7. The molecule has 3 rings (SSSR count). The first-order valence-corrected chi connectivity index (χ1v) is 14.6. The van der Waals surface area contributed by atoms with Gasteiger partial charge < -0.3 is 18.7 Å². The molecular formula is C26H32Cl2N3O6P. The highest BCUT2D eigenvalue weighted by Crippen LogP contribution is 2.50. The molecule has 2 aromatic carbocycles. The molecule has 0 bridgehead atoms. The molecule has 0 amide bonds. The van der Waals surface area contributed by atoms with Crippen LogP contribution >= 0.6 is 30.9 Å². The van der Waals surface area contributed by atoms with Crippen molar-refractivity contribution in [1.29, 1.82) is 0 Å². The van der Waals surface area contributed by atoms with Crippen LogP contribution in [0.2, 0.25) is 0 Å². The van der Waals surface area contributed by atoms with Crippen molar-refractivity contribution in [2.45, 2.75) is 13.8 Å². The number of halogens is 2. The number of carbonyl (C=O) groups is 1. The van der Waals surface area contributed by atoms with E-state index < -0.39 is 13.6 Å². The van der Waals surface area contributed by atoms with Crippen LogP contribution in [0, 0.1) is 6.92 Å². The molecule has 1 heterocycles. The first-order valence-electron chi connectivity index (χ1n) is 12.0. The molecule has 206 valence electrons. The van der Waals surface area contributed by atoms with Crippen molar-refractivity contribution in [3.8, 4) is 28.5 Å². The lowest BCUT2D eigenvalue weighted by Gasteiger charge is -2.31. The third-order valence-electron chi connectivity index (χ3n) is 5.62. The lowest BCUT2D eigenvalue weighted by molar-refractivity contribution is -0.141. The second-order valence-electron chi connectivity index (χ2n) is 8.18. The number of aromatic nitrogens is 1. The molecule has 1 unspecified atom stereocenters. The molecule has 12 heteroatoms. The van der Waals surface area contributed by atoms with Gasteiger partial charge in [0.2, 0.25) is 0 Å².